The monoisotopic (exact) mass is 514 g/mol. The lowest BCUT2D eigenvalue weighted by Crippen LogP contribution is -2.51. The number of fused-ring (bicyclic) bond motifs is 2. The van der Waals surface area contributed by atoms with Crippen LogP contribution in [0.15, 0.2) is 17.7 Å². The number of benzene rings is 1. The smallest absolute Gasteiger partial charge is 0.329 e. The first-order valence-corrected chi connectivity index (χ1v) is 12.7. The summed E-state index contributed by atoms with van der Waals surface area (Å²) in [5, 5.41) is 3.43. The van der Waals surface area contributed by atoms with Crippen molar-refractivity contribution >= 4 is 23.2 Å². The lowest BCUT2D eigenvalue weighted by molar-refractivity contribution is 0.147. The molecule has 0 radical (unpaired) electrons. The van der Waals surface area contributed by atoms with Gasteiger partial charge in [-0.15, -0.1) is 0 Å². The van der Waals surface area contributed by atoms with E-state index >= 15 is 8.78 Å². The van der Waals surface area contributed by atoms with Crippen LogP contribution in [-0.4, -0.2) is 92.3 Å². The first-order chi connectivity index (χ1) is 17.9. The van der Waals surface area contributed by atoms with Gasteiger partial charge in [-0.25, -0.2) is 13.6 Å². The van der Waals surface area contributed by atoms with E-state index in [-0.39, 0.29) is 24.1 Å². The Morgan fingerprint density at radius 2 is 1.70 bits per heavy atom. The standard InChI is InChI=1S/C26H32F2N6O3/c1-31-6-8-32(9-7-31)14-16-10-18-23-15(12-29-25(18)30-16)13-33(26(35)34(23)17-4-5-17)24-21(27)19(36-2)11-20(37-3)22(24)28/h10-11,17,29-30H,4-9,12-14H2,1-3H3. The molecule has 3 aliphatic heterocycles. The van der Waals surface area contributed by atoms with Crippen LogP contribution in [0.25, 0.3) is 5.70 Å². The Morgan fingerprint density at radius 1 is 1.03 bits per heavy atom. The minimum atomic E-state index is -0.922. The van der Waals surface area contributed by atoms with E-state index < -0.39 is 23.4 Å². The minimum Gasteiger partial charge on any atom is -0.493 e. The summed E-state index contributed by atoms with van der Waals surface area (Å²) < 4.78 is 41.0. The highest BCUT2D eigenvalue weighted by Gasteiger charge is 2.46. The number of anilines is 2. The number of nitrogens with one attached hydrogen (secondary N) is 2. The molecule has 9 nitrogen and oxygen atoms in total. The number of urea groups is 1. The van der Waals surface area contributed by atoms with E-state index in [1.807, 2.05) is 0 Å². The summed E-state index contributed by atoms with van der Waals surface area (Å²) in [5.74, 6) is -1.32. The SMILES string of the molecule is COc1cc(OC)c(F)c(N2CC3=C(c4cc(CN5CCN(C)CC5)[nH]c4NC3)N(C3CC3)C2=O)c1F. The number of H-pyrrole nitrogens is 1. The molecule has 1 saturated carbocycles. The van der Waals surface area contributed by atoms with Crippen LogP contribution in [0.5, 0.6) is 11.5 Å². The third-order valence-electron chi connectivity index (χ3n) is 7.69. The number of ether oxygens (including phenoxy) is 2. The van der Waals surface area contributed by atoms with Gasteiger partial charge in [-0.2, -0.15) is 0 Å². The summed E-state index contributed by atoms with van der Waals surface area (Å²) in [7, 11) is 4.73. The number of aromatic amines is 1. The quantitative estimate of drug-likeness (QED) is 0.616. The Labute approximate surface area is 214 Å². The molecule has 4 heterocycles. The Morgan fingerprint density at radius 3 is 2.32 bits per heavy atom. The van der Waals surface area contributed by atoms with Crippen LogP contribution in [0.4, 0.5) is 25.1 Å². The topological polar surface area (TPSA) is 76.3 Å². The number of piperazine rings is 1. The number of hydrogen-bond acceptors (Lipinski definition) is 6. The van der Waals surface area contributed by atoms with Crippen LogP contribution in [-0.2, 0) is 6.54 Å². The van der Waals surface area contributed by atoms with E-state index in [1.54, 1.807) is 4.90 Å². The van der Waals surface area contributed by atoms with Crippen molar-refractivity contribution < 1.29 is 23.0 Å². The fourth-order valence-electron chi connectivity index (χ4n) is 5.51. The van der Waals surface area contributed by atoms with Gasteiger partial charge < -0.3 is 24.7 Å². The van der Waals surface area contributed by atoms with Crippen LogP contribution < -0.4 is 19.7 Å². The molecule has 1 aliphatic carbocycles. The molecular formula is C26H32F2N6O3. The Balaban J connectivity index is 1.37. The fourth-order valence-corrected chi connectivity index (χ4v) is 5.51. The highest BCUT2D eigenvalue weighted by Crippen LogP contribution is 2.46. The van der Waals surface area contributed by atoms with E-state index in [9.17, 15) is 4.79 Å². The summed E-state index contributed by atoms with van der Waals surface area (Å²) in [4.78, 5) is 25.0. The molecule has 198 valence electrons. The van der Waals surface area contributed by atoms with E-state index in [1.165, 1.54) is 19.1 Å². The van der Waals surface area contributed by atoms with Crippen LogP contribution >= 0.6 is 0 Å². The van der Waals surface area contributed by atoms with Gasteiger partial charge >= 0.3 is 6.03 Å². The van der Waals surface area contributed by atoms with E-state index in [0.29, 0.717) is 6.54 Å². The van der Waals surface area contributed by atoms with Gasteiger partial charge in [0.25, 0.3) is 0 Å². The number of carbonyl (C=O) groups excluding carboxylic acids is 1. The number of methoxy groups -OCH3 is 2. The van der Waals surface area contributed by atoms with Crippen LogP contribution in [0.1, 0.15) is 24.1 Å². The summed E-state index contributed by atoms with van der Waals surface area (Å²) in [6, 6.07) is 2.83. The van der Waals surface area contributed by atoms with Crippen molar-refractivity contribution in [3.05, 3.63) is 40.6 Å². The zero-order chi connectivity index (χ0) is 25.8. The number of amides is 2. The van der Waals surface area contributed by atoms with E-state index in [4.69, 9.17) is 9.47 Å². The van der Waals surface area contributed by atoms with Gasteiger partial charge in [0, 0.05) is 62.6 Å². The van der Waals surface area contributed by atoms with Crippen molar-refractivity contribution in [1.29, 1.82) is 0 Å². The second kappa shape index (κ2) is 9.21. The van der Waals surface area contributed by atoms with Crippen molar-refractivity contribution in [2.24, 2.45) is 0 Å². The molecule has 4 aliphatic rings. The third-order valence-corrected chi connectivity index (χ3v) is 7.69. The molecule has 0 atom stereocenters. The van der Waals surface area contributed by atoms with E-state index in [2.05, 4.69) is 33.2 Å². The number of halogens is 2. The van der Waals surface area contributed by atoms with Gasteiger partial charge in [0.15, 0.2) is 23.1 Å². The molecule has 1 aromatic carbocycles. The molecule has 1 aromatic heterocycles. The Hall–Kier alpha value is -3.31. The second-order valence-corrected chi connectivity index (χ2v) is 10.2. The maximum atomic E-state index is 15.4. The average Bonchev–Trinajstić information content (AvgIpc) is 3.64. The van der Waals surface area contributed by atoms with Crippen molar-refractivity contribution in [3.8, 4) is 11.5 Å². The van der Waals surface area contributed by atoms with Crippen molar-refractivity contribution in [3.63, 3.8) is 0 Å². The number of rotatable bonds is 6. The van der Waals surface area contributed by atoms with Gasteiger partial charge in [-0.05, 0) is 31.5 Å². The van der Waals surface area contributed by atoms with Gasteiger partial charge in [0.1, 0.15) is 11.5 Å². The number of carbonyl (C=O) groups is 1. The lowest BCUT2D eigenvalue weighted by Gasteiger charge is -2.41. The van der Waals surface area contributed by atoms with E-state index in [0.717, 1.165) is 80.0 Å². The zero-order valence-electron chi connectivity index (χ0n) is 21.4. The summed E-state index contributed by atoms with van der Waals surface area (Å²) in [5.41, 5.74) is 3.33. The van der Waals surface area contributed by atoms with Crippen LogP contribution in [0, 0.1) is 11.6 Å². The van der Waals surface area contributed by atoms with Crippen molar-refractivity contribution in [2.75, 3.05) is 70.8 Å². The molecular weight excluding hydrogens is 482 g/mol. The molecule has 6 rings (SSSR count). The molecule has 2 amide bonds. The molecule has 11 heteroatoms. The fraction of sp³-hybridized carbons (Fsp3) is 0.500. The maximum absolute atomic E-state index is 15.4. The first kappa shape index (κ1) is 24.1. The highest BCUT2D eigenvalue weighted by atomic mass is 19.1. The molecule has 1 saturated heterocycles. The number of hydrogen-bond donors (Lipinski definition) is 2. The summed E-state index contributed by atoms with van der Waals surface area (Å²) >= 11 is 0. The molecule has 0 spiro atoms. The van der Waals surface area contributed by atoms with Crippen LogP contribution in [0.3, 0.4) is 0 Å². The molecule has 0 unspecified atom stereocenters. The Kier molecular flexibility index (Phi) is 5.99. The largest absolute Gasteiger partial charge is 0.493 e. The molecule has 2 fully saturated rings. The van der Waals surface area contributed by atoms with Gasteiger partial charge in [0.2, 0.25) is 0 Å². The van der Waals surface area contributed by atoms with Gasteiger partial charge in [-0.1, -0.05) is 0 Å². The zero-order valence-corrected chi connectivity index (χ0v) is 21.4. The van der Waals surface area contributed by atoms with Crippen molar-refractivity contribution in [2.45, 2.75) is 25.4 Å². The number of likely N-dealkylation sites (N-methyl/N-ethyl adjacent to an activating group) is 1. The first-order valence-electron chi connectivity index (χ1n) is 12.7. The summed E-state index contributed by atoms with van der Waals surface area (Å²) in [6.45, 7) is 5.41. The predicted octanol–water partition coefficient (Wildman–Crippen LogP) is 3.30. The molecule has 37 heavy (non-hydrogen) atoms. The van der Waals surface area contributed by atoms with Gasteiger partial charge in [0.05, 0.1) is 26.5 Å². The third kappa shape index (κ3) is 4.10. The maximum Gasteiger partial charge on any atom is 0.329 e. The number of nitrogens with zero attached hydrogens (tertiary/aromatic N) is 4. The second-order valence-electron chi connectivity index (χ2n) is 10.2. The van der Waals surface area contributed by atoms with Crippen molar-refractivity contribution in [1.82, 2.24) is 19.7 Å². The average molecular weight is 515 g/mol. The van der Waals surface area contributed by atoms with Crippen LogP contribution in [0.2, 0.25) is 0 Å². The highest BCUT2D eigenvalue weighted by molar-refractivity contribution is 6.03. The van der Waals surface area contributed by atoms with Gasteiger partial charge in [-0.3, -0.25) is 14.7 Å². The lowest BCUT2D eigenvalue weighted by atomic mass is 9.99. The predicted molar refractivity (Wildman–Crippen MR) is 136 cm³/mol. The number of aromatic nitrogens is 1. The summed E-state index contributed by atoms with van der Waals surface area (Å²) in [6.07, 6.45) is 1.70. The molecule has 0 bridgehead atoms. The minimum absolute atomic E-state index is 0.000794. The Bertz CT molecular complexity index is 1240. The normalized spacial score (nSPS) is 20.6. The molecule has 2 N–H and O–H groups in total. The molecule has 2 aromatic rings.